The normalized spacial score (nSPS) is 19.4. The van der Waals surface area contributed by atoms with E-state index in [2.05, 4.69) is 28.7 Å². The van der Waals surface area contributed by atoms with Gasteiger partial charge in [-0.25, -0.2) is 4.98 Å². The van der Waals surface area contributed by atoms with Gasteiger partial charge in [0, 0.05) is 12.2 Å². The van der Waals surface area contributed by atoms with Crippen LogP contribution in [0.4, 0.5) is 0 Å². The van der Waals surface area contributed by atoms with Gasteiger partial charge in [0.1, 0.15) is 12.1 Å². The van der Waals surface area contributed by atoms with Crippen molar-refractivity contribution in [1.29, 1.82) is 0 Å². The van der Waals surface area contributed by atoms with Crippen LogP contribution in [-0.2, 0) is 20.9 Å². The molecule has 1 aliphatic heterocycles. The molecule has 1 aliphatic carbocycles. The number of carbonyl (C=O) groups excluding carboxylic acids is 3. The van der Waals surface area contributed by atoms with Crippen molar-refractivity contribution >= 4 is 29.5 Å². The van der Waals surface area contributed by atoms with Gasteiger partial charge in [-0.2, -0.15) is 0 Å². The fraction of sp³-hybridized carbons (Fsp3) is 0.700. The molecule has 28 heavy (non-hydrogen) atoms. The number of carbonyl (C=O) groups is 3. The molecule has 1 saturated carbocycles. The summed E-state index contributed by atoms with van der Waals surface area (Å²) >= 11 is 1.39. The van der Waals surface area contributed by atoms with E-state index in [1.165, 1.54) is 16.7 Å². The van der Waals surface area contributed by atoms with Gasteiger partial charge in [-0.3, -0.25) is 19.7 Å². The van der Waals surface area contributed by atoms with Crippen LogP contribution in [0.5, 0.6) is 0 Å². The fourth-order valence-corrected chi connectivity index (χ4v) is 5.16. The third-order valence-corrected chi connectivity index (χ3v) is 6.73. The summed E-state index contributed by atoms with van der Waals surface area (Å²) in [4.78, 5) is 43.9. The molecule has 8 heteroatoms. The summed E-state index contributed by atoms with van der Waals surface area (Å²) in [5, 5.41) is 3.27. The van der Waals surface area contributed by atoms with Gasteiger partial charge in [0.2, 0.25) is 11.8 Å². The molecule has 1 spiro atoms. The molecule has 2 fully saturated rings. The lowest BCUT2D eigenvalue weighted by Gasteiger charge is -2.47. The maximum Gasteiger partial charge on any atom is 0.252 e. The molecular weight excluding hydrogens is 376 g/mol. The van der Waals surface area contributed by atoms with Crippen molar-refractivity contribution in [3.63, 3.8) is 0 Å². The minimum absolute atomic E-state index is 0.0381. The van der Waals surface area contributed by atoms with Crippen LogP contribution in [0.1, 0.15) is 57.3 Å². The highest BCUT2D eigenvalue weighted by Gasteiger charge is 2.50. The first kappa shape index (κ1) is 20.9. The van der Waals surface area contributed by atoms with E-state index in [0.717, 1.165) is 42.4 Å². The zero-order valence-electron chi connectivity index (χ0n) is 17.2. The Labute approximate surface area is 170 Å². The van der Waals surface area contributed by atoms with E-state index in [0.29, 0.717) is 18.8 Å². The second-order valence-electron chi connectivity index (χ2n) is 8.31. The van der Waals surface area contributed by atoms with Gasteiger partial charge in [-0.1, -0.05) is 44.9 Å². The number of rotatable bonds is 5. The summed E-state index contributed by atoms with van der Waals surface area (Å²) in [6.07, 6.45) is 4.11. The Morgan fingerprint density at radius 3 is 2.54 bits per heavy atom. The number of piperazine rings is 1. The Bertz CT molecular complexity index is 781. The number of imidazole rings is 1. The fourth-order valence-electron chi connectivity index (χ4n) is 4.18. The number of nitrogens with zero attached hydrogens (tertiary/aromatic N) is 3. The first-order valence-corrected chi connectivity index (χ1v) is 11.0. The molecule has 2 heterocycles. The zero-order valence-corrected chi connectivity index (χ0v) is 18.0. The summed E-state index contributed by atoms with van der Waals surface area (Å²) in [5.74, 6) is -0.223. The maximum atomic E-state index is 13.1. The van der Waals surface area contributed by atoms with Crippen LogP contribution in [0.15, 0.2) is 5.16 Å². The van der Waals surface area contributed by atoms with E-state index in [-0.39, 0.29) is 24.1 Å². The largest absolute Gasteiger partial charge is 0.323 e. The molecule has 0 unspecified atom stereocenters. The van der Waals surface area contributed by atoms with Gasteiger partial charge in [0.05, 0.1) is 11.4 Å². The standard InChI is InChI=1S/C20H30N4O3S/c1-13(2)10-23-15(4)14(3)21-19(23)28-12-17(26)24-11-16(25)22-18(27)20(24)8-6-5-7-9-20/h13H,5-12H2,1-4H3,(H,22,25,27). The molecule has 1 aromatic heterocycles. The summed E-state index contributed by atoms with van der Waals surface area (Å²) < 4.78 is 2.16. The Balaban J connectivity index is 1.77. The van der Waals surface area contributed by atoms with Crippen molar-refractivity contribution < 1.29 is 14.4 Å². The highest BCUT2D eigenvalue weighted by molar-refractivity contribution is 7.99. The molecule has 1 aromatic rings. The molecular formula is C20H30N4O3S. The molecule has 0 bridgehead atoms. The van der Waals surface area contributed by atoms with Gasteiger partial charge < -0.3 is 9.47 Å². The molecule has 0 radical (unpaired) electrons. The first-order valence-electron chi connectivity index (χ1n) is 10.1. The zero-order chi connectivity index (χ0) is 20.5. The first-order chi connectivity index (χ1) is 13.2. The Morgan fingerprint density at radius 2 is 1.89 bits per heavy atom. The van der Waals surface area contributed by atoms with Crippen LogP contribution >= 0.6 is 11.8 Å². The van der Waals surface area contributed by atoms with Crippen LogP contribution in [0.2, 0.25) is 0 Å². The average molecular weight is 407 g/mol. The van der Waals surface area contributed by atoms with Crippen molar-refractivity contribution in [2.24, 2.45) is 5.92 Å². The van der Waals surface area contributed by atoms with Crippen LogP contribution in [-0.4, -0.2) is 50.0 Å². The van der Waals surface area contributed by atoms with Crippen molar-refractivity contribution in [3.05, 3.63) is 11.4 Å². The Hall–Kier alpha value is -1.83. The topological polar surface area (TPSA) is 84.3 Å². The van der Waals surface area contributed by atoms with Crippen molar-refractivity contribution in [2.45, 2.75) is 77.0 Å². The molecule has 3 amide bonds. The number of hydrogen-bond acceptors (Lipinski definition) is 5. The molecule has 154 valence electrons. The number of aromatic nitrogens is 2. The van der Waals surface area contributed by atoms with Gasteiger partial charge in [0.15, 0.2) is 5.16 Å². The summed E-state index contributed by atoms with van der Waals surface area (Å²) in [7, 11) is 0. The monoisotopic (exact) mass is 406 g/mol. The van der Waals surface area contributed by atoms with E-state index in [1.807, 2.05) is 13.8 Å². The second-order valence-corrected chi connectivity index (χ2v) is 9.25. The third-order valence-electron chi connectivity index (χ3n) is 5.77. The predicted octanol–water partition coefficient (Wildman–Crippen LogP) is 2.44. The number of thioether (sulfide) groups is 1. The minimum atomic E-state index is -0.858. The summed E-state index contributed by atoms with van der Waals surface area (Å²) in [6, 6.07) is 0. The maximum absolute atomic E-state index is 13.1. The minimum Gasteiger partial charge on any atom is -0.323 e. The van der Waals surface area contributed by atoms with Crippen molar-refractivity contribution in [3.8, 4) is 0 Å². The quantitative estimate of drug-likeness (QED) is 0.600. The molecule has 3 rings (SSSR count). The van der Waals surface area contributed by atoms with Crippen LogP contribution in [0.25, 0.3) is 0 Å². The molecule has 1 saturated heterocycles. The summed E-state index contributed by atoms with van der Waals surface area (Å²) in [5.41, 5.74) is 1.22. The average Bonchev–Trinajstić information content (AvgIpc) is 2.91. The van der Waals surface area contributed by atoms with Gasteiger partial charge in [-0.05, 0) is 32.6 Å². The predicted molar refractivity (Wildman–Crippen MR) is 108 cm³/mol. The number of imide groups is 1. The summed E-state index contributed by atoms with van der Waals surface area (Å²) in [6.45, 7) is 9.13. The molecule has 1 N–H and O–H groups in total. The Kier molecular flexibility index (Phi) is 6.17. The highest BCUT2D eigenvalue weighted by atomic mass is 32.2. The van der Waals surface area contributed by atoms with Crippen molar-refractivity contribution in [1.82, 2.24) is 19.8 Å². The molecule has 7 nitrogen and oxygen atoms in total. The van der Waals surface area contributed by atoms with Gasteiger partial charge in [0.25, 0.3) is 5.91 Å². The van der Waals surface area contributed by atoms with Crippen LogP contribution in [0.3, 0.4) is 0 Å². The number of amides is 3. The Morgan fingerprint density at radius 1 is 1.21 bits per heavy atom. The SMILES string of the molecule is Cc1nc(SCC(=O)N2CC(=O)NC(=O)C23CCCCC3)n(CC(C)C)c1C. The van der Waals surface area contributed by atoms with Crippen LogP contribution < -0.4 is 5.32 Å². The number of hydrogen-bond donors (Lipinski definition) is 1. The van der Waals surface area contributed by atoms with E-state index in [9.17, 15) is 14.4 Å². The van der Waals surface area contributed by atoms with Gasteiger partial charge >= 0.3 is 0 Å². The molecule has 0 atom stereocenters. The van der Waals surface area contributed by atoms with E-state index in [1.54, 1.807) is 0 Å². The smallest absolute Gasteiger partial charge is 0.252 e. The van der Waals surface area contributed by atoms with Crippen LogP contribution in [0, 0.1) is 19.8 Å². The van der Waals surface area contributed by atoms with Gasteiger partial charge in [-0.15, -0.1) is 0 Å². The molecule has 0 aromatic carbocycles. The lowest BCUT2D eigenvalue weighted by Crippen LogP contribution is -2.69. The van der Waals surface area contributed by atoms with E-state index in [4.69, 9.17) is 0 Å². The van der Waals surface area contributed by atoms with Crippen molar-refractivity contribution in [2.75, 3.05) is 12.3 Å². The third kappa shape index (κ3) is 3.97. The second kappa shape index (κ2) is 8.27. The van der Waals surface area contributed by atoms with E-state index < -0.39 is 11.4 Å². The lowest BCUT2D eigenvalue weighted by molar-refractivity contribution is -0.158. The number of aryl methyl sites for hydroxylation is 1. The lowest BCUT2D eigenvalue weighted by atomic mass is 9.78. The van der Waals surface area contributed by atoms with E-state index >= 15 is 0 Å². The highest BCUT2D eigenvalue weighted by Crippen LogP contribution is 2.36. The number of nitrogens with one attached hydrogen (secondary N) is 1. The molecule has 2 aliphatic rings.